The number of ether oxygens (including phenoxy) is 1. The van der Waals surface area contributed by atoms with Gasteiger partial charge in [-0.25, -0.2) is 0 Å². The molecule has 1 aliphatic rings. The van der Waals surface area contributed by atoms with E-state index in [1.54, 1.807) is 7.11 Å². The highest BCUT2D eigenvalue weighted by molar-refractivity contribution is 5.57. The van der Waals surface area contributed by atoms with E-state index >= 15 is 0 Å². The van der Waals surface area contributed by atoms with E-state index in [0.717, 1.165) is 17.9 Å². The maximum absolute atomic E-state index is 5.31. The van der Waals surface area contributed by atoms with E-state index < -0.39 is 0 Å². The molecule has 1 fully saturated rings. The van der Waals surface area contributed by atoms with Crippen LogP contribution >= 0.6 is 0 Å². The van der Waals surface area contributed by atoms with Gasteiger partial charge in [0.1, 0.15) is 5.75 Å². The van der Waals surface area contributed by atoms with Gasteiger partial charge >= 0.3 is 0 Å². The van der Waals surface area contributed by atoms with Crippen molar-refractivity contribution in [1.29, 1.82) is 0 Å². The normalized spacial score (nSPS) is 21.2. The first-order valence-electron chi connectivity index (χ1n) is 5.95. The fourth-order valence-electron chi connectivity index (χ4n) is 2.07. The smallest absolute Gasteiger partial charge is 0.126 e. The lowest BCUT2D eigenvalue weighted by molar-refractivity contribution is 0.413. The summed E-state index contributed by atoms with van der Waals surface area (Å²) in [6.07, 6.45) is 8.28. The Balaban J connectivity index is 2.04. The first-order valence-corrected chi connectivity index (χ1v) is 5.95. The van der Waals surface area contributed by atoms with E-state index in [1.165, 1.54) is 19.3 Å². The van der Waals surface area contributed by atoms with E-state index in [1.807, 2.05) is 18.2 Å². The summed E-state index contributed by atoms with van der Waals surface area (Å²) in [5.74, 6) is 0.939. The van der Waals surface area contributed by atoms with Crippen molar-refractivity contribution in [2.45, 2.75) is 25.3 Å². The summed E-state index contributed by atoms with van der Waals surface area (Å²) in [6, 6.07) is 8.64. The van der Waals surface area contributed by atoms with Gasteiger partial charge in [-0.05, 0) is 25.5 Å². The average molecular weight is 217 g/mol. The van der Waals surface area contributed by atoms with Crippen molar-refractivity contribution in [3.63, 3.8) is 0 Å². The summed E-state index contributed by atoms with van der Waals surface area (Å²) in [7, 11) is 1.71. The molecule has 0 bridgehead atoms. The minimum Gasteiger partial charge on any atom is -0.496 e. The summed E-state index contributed by atoms with van der Waals surface area (Å²) < 4.78 is 5.31. The number of piperidine rings is 1. The van der Waals surface area contributed by atoms with Crippen LogP contribution in [-0.4, -0.2) is 19.7 Å². The Labute approximate surface area is 97.3 Å². The summed E-state index contributed by atoms with van der Waals surface area (Å²) >= 11 is 0. The van der Waals surface area contributed by atoms with Gasteiger partial charge in [-0.15, -0.1) is 0 Å². The number of methoxy groups -OCH3 is 1. The van der Waals surface area contributed by atoms with Crippen LogP contribution in [0.5, 0.6) is 5.75 Å². The van der Waals surface area contributed by atoms with Gasteiger partial charge in [0.2, 0.25) is 0 Å². The first kappa shape index (κ1) is 11.2. The molecule has 1 unspecified atom stereocenters. The highest BCUT2D eigenvalue weighted by atomic mass is 16.5. The Hall–Kier alpha value is -1.28. The average Bonchev–Trinajstić information content (AvgIpc) is 2.38. The monoisotopic (exact) mass is 217 g/mol. The minimum atomic E-state index is 0.527. The molecule has 86 valence electrons. The molecule has 2 nitrogen and oxygen atoms in total. The SMILES string of the molecule is COc1ccccc1/C=C/C1CCCCN1. The molecule has 1 aromatic carbocycles. The van der Waals surface area contributed by atoms with Crippen LogP contribution < -0.4 is 10.1 Å². The molecule has 0 saturated carbocycles. The number of rotatable bonds is 3. The van der Waals surface area contributed by atoms with Crippen LogP contribution in [0.25, 0.3) is 6.08 Å². The van der Waals surface area contributed by atoms with Crippen LogP contribution in [0.4, 0.5) is 0 Å². The Morgan fingerprint density at radius 2 is 2.19 bits per heavy atom. The van der Waals surface area contributed by atoms with Gasteiger partial charge in [0, 0.05) is 11.6 Å². The molecule has 1 heterocycles. The van der Waals surface area contributed by atoms with Crippen LogP contribution in [0, 0.1) is 0 Å². The lowest BCUT2D eigenvalue weighted by atomic mass is 10.0. The molecule has 16 heavy (non-hydrogen) atoms. The highest BCUT2D eigenvalue weighted by Gasteiger charge is 2.08. The molecule has 0 spiro atoms. The van der Waals surface area contributed by atoms with Gasteiger partial charge in [0.05, 0.1) is 7.11 Å². The molecular weight excluding hydrogens is 198 g/mol. The molecule has 0 radical (unpaired) electrons. The Morgan fingerprint density at radius 1 is 1.31 bits per heavy atom. The van der Waals surface area contributed by atoms with Crippen LogP contribution in [0.15, 0.2) is 30.3 Å². The largest absolute Gasteiger partial charge is 0.496 e. The van der Waals surface area contributed by atoms with Crippen molar-refractivity contribution in [3.05, 3.63) is 35.9 Å². The highest BCUT2D eigenvalue weighted by Crippen LogP contribution is 2.19. The second kappa shape index (κ2) is 5.71. The van der Waals surface area contributed by atoms with Crippen molar-refractivity contribution < 1.29 is 4.74 Å². The molecule has 1 atom stereocenters. The van der Waals surface area contributed by atoms with Crippen molar-refractivity contribution in [1.82, 2.24) is 5.32 Å². The third-order valence-corrected chi connectivity index (χ3v) is 3.00. The van der Waals surface area contributed by atoms with E-state index in [0.29, 0.717) is 6.04 Å². The van der Waals surface area contributed by atoms with Crippen LogP contribution in [0.2, 0.25) is 0 Å². The molecule has 2 rings (SSSR count). The molecule has 1 saturated heterocycles. The molecule has 1 aromatic rings. The minimum absolute atomic E-state index is 0.527. The first-order chi connectivity index (χ1) is 7.90. The molecule has 1 N–H and O–H groups in total. The quantitative estimate of drug-likeness (QED) is 0.840. The molecule has 1 aliphatic heterocycles. The van der Waals surface area contributed by atoms with Gasteiger partial charge in [0.15, 0.2) is 0 Å². The molecular formula is C14H19NO. The van der Waals surface area contributed by atoms with Crippen molar-refractivity contribution in [3.8, 4) is 5.75 Å². The summed E-state index contributed by atoms with van der Waals surface area (Å²) in [6.45, 7) is 1.14. The molecule has 0 aliphatic carbocycles. The van der Waals surface area contributed by atoms with Crippen molar-refractivity contribution in [2.24, 2.45) is 0 Å². The summed E-state index contributed by atoms with van der Waals surface area (Å²) in [5.41, 5.74) is 1.15. The van der Waals surface area contributed by atoms with Crippen LogP contribution in [0.3, 0.4) is 0 Å². The Kier molecular flexibility index (Phi) is 4.00. The number of nitrogens with one attached hydrogen (secondary N) is 1. The van der Waals surface area contributed by atoms with E-state index in [9.17, 15) is 0 Å². The van der Waals surface area contributed by atoms with E-state index in [2.05, 4.69) is 23.5 Å². The zero-order chi connectivity index (χ0) is 11.2. The summed E-state index contributed by atoms with van der Waals surface area (Å²) in [5, 5.41) is 3.50. The van der Waals surface area contributed by atoms with Gasteiger partial charge in [-0.1, -0.05) is 36.8 Å². The second-order valence-electron chi connectivity index (χ2n) is 4.16. The van der Waals surface area contributed by atoms with Gasteiger partial charge < -0.3 is 10.1 Å². The van der Waals surface area contributed by atoms with Crippen molar-refractivity contribution >= 4 is 6.08 Å². The lowest BCUT2D eigenvalue weighted by Crippen LogP contribution is -2.31. The van der Waals surface area contributed by atoms with Gasteiger partial charge in [0.25, 0.3) is 0 Å². The third-order valence-electron chi connectivity index (χ3n) is 3.00. The third kappa shape index (κ3) is 2.86. The van der Waals surface area contributed by atoms with Crippen LogP contribution in [-0.2, 0) is 0 Å². The van der Waals surface area contributed by atoms with Gasteiger partial charge in [-0.2, -0.15) is 0 Å². The number of para-hydroxylation sites is 1. The zero-order valence-corrected chi connectivity index (χ0v) is 9.78. The number of hydrogen-bond donors (Lipinski definition) is 1. The van der Waals surface area contributed by atoms with Gasteiger partial charge in [-0.3, -0.25) is 0 Å². The molecule has 0 aromatic heterocycles. The summed E-state index contributed by atoms with van der Waals surface area (Å²) in [4.78, 5) is 0. The number of hydrogen-bond acceptors (Lipinski definition) is 2. The maximum atomic E-state index is 5.31. The molecule has 2 heteroatoms. The van der Waals surface area contributed by atoms with E-state index in [4.69, 9.17) is 4.74 Å². The fourth-order valence-corrected chi connectivity index (χ4v) is 2.07. The Bertz CT molecular complexity index is 354. The fraction of sp³-hybridized carbons (Fsp3) is 0.429. The zero-order valence-electron chi connectivity index (χ0n) is 9.78. The second-order valence-corrected chi connectivity index (χ2v) is 4.16. The standard InChI is InChI=1S/C14H19NO/c1-16-14-8-3-2-6-12(14)9-10-13-7-4-5-11-15-13/h2-3,6,8-10,13,15H,4-5,7,11H2,1H3/b10-9+. The number of benzene rings is 1. The maximum Gasteiger partial charge on any atom is 0.126 e. The topological polar surface area (TPSA) is 21.3 Å². The van der Waals surface area contributed by atoms with Crippen molar-refractivity contribution in [2.75, 3.05) is 13.7 Å². The lowest BCUT2D eigenvalue weighted by Gasteiger charge is -2.20. The van der Waals surface area contributed by atoms with E-state index in [-0.39, 0.29) is 0 Å². The predicted octanol–water partition coefficient (Wildman–Crippen LogP) is 2.85. The van der Waals surface area contributed by atoms with Crippen LogP contribution in [0.1, 0.15) is 24.8 Å². The Morgan fingerprint density at radius 3 is 2.94 bits per heavy atom. The molecule has 0 amide bonds. The predicted molar refractivity (Wildman–Crippen MR) is 67.7 cm³/mol.